The number of nitrogens with zero attached hydrogens (tertiary/aromatic N) is 4. The molecule has 3 atom stereocenters. The number of carbonyl (C=O) groups is 1. The van der Waals surface area contributed by atoms with Crippen LogP contribution in [0.4, 0.5) is 10.6 Å². The minimum atomic E-state index is -0.938. The summed E-state index contributed by atoms with van der Waals surface area (Å²) < 4.78 is 9.14. The number of nitrogens with one attached hydrogen (secondary N) is 2. The van der Waals surface area contributed by atoms with Gasteiger partial charge >= 0.3 is 6.03 Å². The second-order valence-electron chi connectivity index (χ2n) is 10.0. The van der Waals surface area contributed by atoms with E-state index < -0.39 is 29.7 Å². The average Bonchev–Trinajstić information content (AvgIpc) is 3.45. The minimum absolute atomic E-state index is 0.430. The third-order valence-corrected chi connectivity index (χ3v) is 7.23. The summed E-state index contributed by atoms with van der Waals surface area (Å²) in [5.74, 6) is 0.532. The van der Waals surface area contributed by atoms with Gasteiger partial charge in [0.05, 0.1) is 24.0 Å². The molecule has 2 aromatic heterocycles. The number of carbonyl (C=O) groups excluding carboxylic acids is 1. The number of aromatic nitrogens is 4. The molecule has 192 valence electrons. The molecule has 0 radical (unpaired) electrons. The molecule has 2 aromatic carbocycles. The second kappa shape index (κ2) is 9.49. The molecule has 9 nitrogen and oxygen atoms in total. The Morgan fingerprint density at radius 3 is 2.49 bits per heavy atom. The van der Waals surface area contributed by atoms with Gasteiger partial charge in [0.15, 0.2) is 0 Å². The van der Waals surface area contributed by atoms with Gasteiger partial charge in [-0.15, -0.1) is 0 Å². The van der Waals surface area contributed by atoms with E-state index in [1.165, 1.54) is 0 Å². The molecule has 3 unspecified atom stereocenters. The highest BCUT2D eigenvalue weighted by Crippen LogP contribution is 2.43. The number of aryl methyl sites for hydroxylation is 1. The Labute approximate surface area is 216 Å². The highest BCUT2D eigenvalue weighted by atomic mass is 16.5. The van der Waals surface area contributed by atoms with Crippen LogP contribution in [0.3, 0.4) is 0 Å². The van der Waals surface area contributed by atoms with Crippen molar-refractivity contribution in [1.82, 2.24) is 24.9 Å². The van der Waals surface area contributed by atoms with Gasteiger partial charge in [0.25, 0.3) is 0 Å². The molecule has 1 aliphatic carbocycles. The number of ether oxygens (including phenoxy) is 1. The molecule has 37 heavy (non-hydrogen) atoms. The minimum Gasteiger partial charge on any atom is -0.388 e. The van der Waals surface area contributed by atoms with E-state index in [9.17, 15) is 9.90 Å². The first-order valence-corrected chi connectivity index (χ1v) is 12.2. The molecule has 2 heterocycles. The van der Waals surface area contributed by atoms with Crippen molar-refractivity contribution in [2.45, 2.75) is 44.4 Å². The molecule has 0 saturated heterocycles. The first kappa shape index (κ1) is 24.7. The fraction of sp³-hybridized carbons (Fsp3) is 0.321. The molecule has 4 aromatic rings. The molecule has 0 fully saturated rings. The quantitative estimate of drug-likeness (QED) is 0.382. The van der Waals surface area contributed by atoms with Crippen LogP contribution < -0.4 is 10.6 Å². The van der Waals surface area contributed by atoms with Crippen LogP contribution >= 0.6 is 0 Å². The highest BCUT2D eigenvalue weighted by molar-refractivity contribution is 5.91. The van der Waals surface area contributed by atoms with Crippen molar-refractivity contribution in [3.8, 4) is 16.9 Å². The van der Waals surface area contributed by atoms with Crippen molar-refractivity contribution in [2.75, 3.05) is 12.4 Å². The van der Waals surface area contributed by atoms with Gasteiger partial charge < -0.3 is 15.2 Å². The highest BCUT2D eigenvalue weighted by Gasteiger charge is 2.47. The van der Waals surface area contributed by atoms with Crippen LogP contribution in [0.25, 0.3) is 16.9 Å². The average molecular weight is 501 g/mol. The topological polar surface area (TPSA) is 106 Å². The summed E-state index contributed by atoms with van der Waals surface area (Å²) in [4.78, 5) is 13.4. The zero-order chi connectivity index (χ0) is 26.3. The Hall–Kier alpha value is -3.95. The second-order valence-corrected chi connectivity index (χ2v) is 10.0. The summed E-state index contributed by atoms with van der Waals surface area (Å²) in [7, 11) is 3.43. The van der Waals surface area contributed by atoms with Gasteiger partial charge in [0.1, 0.15) is 17.6 Å². The van der Waals surface area contributed by atoms with E-state index in [4.69, 9.17) is 9.84 Å². The van der Waals surface area contributed by atoms with Gasteiger partial charge in [-0.1, -0.05) is 56.3 Å². The maximum Gasteiger partial charge on any atom is 0.320 e. The van der Waals surface area contributed by atoms with Crippen LogP contribution in [0.2, 0.25) is 0 Å². The number of aliphatic hydroxyl groups excluding tert-OH is 1. The summed E-state index contributed by atoms with van der Waals surface area (Å²) in [5, 5.41) is 26.3. The molecule has 3 N–H and O–H groups in total. The number of para-hydroxylation sites is 1. The van der Waals surface area contributed by atoms with Crippen molar-refractivity contribution in [3.63, 3.8) is 0 Å². The third-order valence-electron chi connectivity index (χ3n) is 7.23. The SMILES string of the molecule is COC1C(O)C(NC(=O)Nc2c(C)c(-c3cnn(C)c3)nn2-c2ccccc2)c2ccccc2C1(C)C. The van der Waals surface area contributed by atoms with Crippen molar-refractivity contribution in [2.24, 2.45) is 7.05 Å². The van der Waals surface area contributed by atoms with Gasteiger partial charge in [-0.3, -0.25) is 10.00 Å². The van der Waals surface area contributed by atoms with Gasteiger partial charge in [0, 0.05) is 36.9 Å². The Morgan fingerprint density at radius 1 is 1.11 bits per heavy atom. The first-order valence-electron chi connectivity index (χ1n) is 12.2. The van der Waals surface area contributed by atoms with Crippen LogP contribution in [0.1, 0.15) is 36.6 Å². The van der Waals surface area contributed by atoms with E-state index in [1.807, 2.05) is 88.6 Å². The molecular formula is C28H32N6O3. The number of aliphatic hydroxyl groups is 1. The predicted molar refractivity (Wildman–Crippen MR) is 142 cm³/mol. The van der Waals surface area contributed by atoms with Gasteiger partial charge in [-0.2, -0.15) is 10.2 Å². The number of hydrogen-bond acceptors (Lipinski definition) is 5. The number of benzene rings is 2. The number of urea groups is 1. The largest absolute Gasteiger partial charge is 0.388 e. The van der Waals surface area contributed by atoms with E-state index in [-0.39, 0.29) is 0 Å². The number of fused-ring (bicyclic) bond motifs is 1. The molecule has 0 aliphatic heterocycles. The summed E-state index contributed by atoms with van der Waals surface area (Å²) in [5.41, 5.74) is 4.64. The molecule has 0 spiro atoms. The predicted octanol–water partition coefficient (Wildman–Crippen LogP) is 4.11. The Bertz CT molecular complexity index is 1420. The standard InChI is InChI=1S/C28H32N6O3/c1-17-22(18-15-29-33(4)16-18)32-34(19-11-7-6-8-12-19)26(17)31-27(36)30-23-20-13-9-10-14-21(20)28(2,3)25(37-5)24(23)35/h6-16,23-25,35H,1-5H3,(H2,30,31,36). The third kappa shape index (κ3) is 4.30. The van der Waals surface area contributed by atoms with E-state index in [1.54, 1.807) is 22.7 Å². The summed E-state index contributed by atoms with van der Waals surface area (Å²) >= 11 is 0. The number of hydrogen-bond donors (Lipinski definition) is 3. The van der Waals surface area contributed by atoms with Gasteiger partial charge in [-0.05, 0) is 30.2 Å². The van der Waals surface area contributed by atoms with Crippen LogP contribution in [0.5, 0.6) is 0 Å². The molecule has 5 rings (SSSR count). The van der Waals surface area contributed by atoms with Crippen molar-refractivity contribution < 1.29 is 14.6 Å². The molecule has 1 aliphatic rings. The van der Waals surface area contributed by atoms with Crippen LogP contribution in [-0.2, 0) is 17.2 Å². The summed E-state index contributed by atoms with van der Waals surface area (Å²) in [6.45, 7) is 6.00. The van der Waals surface area contributed by atoms with E-state index in [2.05, 4.69) is 15.7 Å². The van der Waals surface area contributed by atoms with E-state index >= 15 is 0 Å². The molecule has 2 amide bonds. The van der Waals surface area contributed by atoms with E-state index in [0.717, 1.165) is 33.6 Å². The number of amides is 2. The first-order chi connectivity index (χ1) is 17.7. The number of methoxy groups -OCH3 is 1. The summed E-state index contributed by atoms with van der Waals surface area (Å²) in [6, 6.07) is 16.4. The molecule has 0 bridgehead atoms. The Kier molecular flexibility index (Phi) is 6.35. The fourth-order valence-corrected chi connectivity index (χ4v) is 5.39. The van der Waals surface area contributed by atoms with Crippen LogP contribution in [0.15, 0.2) is 67.0 Å². The van der Waals surface area contributed by atoms with E-state index in [0.29, 0.717) is 5.82 Å². The maximum atomic E-state index is 13.4. The lowest BCUT2D eigenvalue weighted by Crippen LogP contribution is -2.55. The Balaban J connectivity index is 1.50. The zero-order valence-corrected chi connectivity index (χ0v) is 21.6. The fourth-order valence-electron chi connectivity index (χ4n) is 5.39. The number of anilines is 1. The molecule has 0 saturated carbocycles. The molecular weight excluding hydrogens is 468 g/mol. The van der Waals surface area contributed by atoms with Gasteiger partial charge in [0.2, 0.25) is 0 Å². The normalized spacial score (nSPS) is 20.3. The Morgan fingerprint density at radius 2 is 1.81 bits per heavy atom. The van der Waals surface area contributed by atoms with Crippen molar-refractivity contribution >= 4 is 11.8 Å². The number of rotatable bonds is 5. The van der Waals surface area contributed by atoms with Crippen LogP contribution in [-0.4, -0.2) is 50.0 Å². The molecule has 9 heteroatoms. The maximum absolute atomic E-state index is 13.4. The lowest BCUT2D eigenvalue weighted by atomic mass is 9.67. The smallest absolute Gasteiger partial charge is 0.320 e. The van der Waals surface area contributed by atoms with Crippen molar-refractivity contribution in [3.05, 3.63) is 83.7 Å². The lowest BCUT2D eigenvalue weighted by Gasteiger charge is -2.46. The lowest BCUT2D eigenvalue weighted by molar-refractivity contribution is -0.0730. The monoisotopic (exact) mass is 500 g/mol. The van der Waals surface area contributed by atoms with Gasteiger partial charge in [-0.25, -0.2) is 9.48 Å². The van der Waals surface area contributed by atoms with Crippen LogP contribution in [0, 0.1) is 6.92 Å². The summed E-state index contributed by atoms with van der Waals surface area (Å²) in [6.07, 6.45) is 2.20. The zero-order valence-electron chi connectivity index (χ0n) is 21.6. The van der Waals surface area contributed by atoms with Crippen molar-refractivity contribution in [1.29, 1.82) is 0 Å².